The lowest BCUT2D eigenvalue weighted by Crippen LogP contribution is -2.41. The molecule has 18 rings (SSSR count). The molecule has 9 aromatic carbocycles. The maximum Gasteiger partial charge on any atom is 0.412 e. The lowest BCUT2D eigenvalue weighted by atomic mass is 9.92. The third kappa shape index (κ3) is 23.7. The number of alkyl halides is 4. The second-order valence-corrected chi connectivity index (χ2v) is 36.3. The first-order valence-corrected chi connectivity index (χ1v) is 48.5. The molecule has 0 radical (unpaired) electrons. The van der Waals surface area contributed by atoms with Gasteiger partial charge in [0.25, 0.3) is 0 Å². The van der Waals surface area contributed by atoms with Crippen molar-refractivity contribution >= 4 is 161 Å². The molecule has 0 fully saturated rings. The Morgan fingerprint density at radius 2 is 0.769 bits per heavy atom. The monoisotopic (exact) mass is 1960 g/mol. The molecular formula is C104H104Cl8N10O12. The number of rotatable bonds is 28. The van der Waals surface area contributed by atoms with Crippen molar-refractivity contribution < 1.29 is 57.1 Å². The van der Waals surface area contributed by atoms with Gasteiger partial charge in [0.1, 0.15) is 66.5 Å². The van der Waals surface area contributed by atoms with Gasteiger partial charge < -0.3 is 62.4 Å². The molecule has 22 nitrogen and oxygen atoms in total. The minimum Gasteiger partial charge on any atom is -0.494 e. The summed E-state index contributed by atoms with van der Waals surface area (Å²) in [5.41, 5.74) is 16.8. The van der Waals surface area contributed by atoms with E-state index < -0.39 is 11.7 Å². The van der Waals surface area contributed by atoms with Gasteiger partial charge in [-0.1, -0.05) is 144 Å². The summed E-state index contributed by atoms with van der Waals surface area (Å²) in [4.78, 5) is 77.6. The van der Waals surface area contributed by atoms with Gasteiger partial charge in [0, 0.05) is 156 Å². The highest BCUT2D eigenvalue weighted by Crippen LogP contribution is 2.46. The van der Waals surface area contributed by atoms with Gasteiger partial charge in [-0.2, -0.15) is 0 Å². The van der Waals surface area contributed by atoms with Crippen molar-refractivity contribution in [2.24, 2.45) is 0 Å². The number of H-pyrrole nitrogens is 4. The Hall–Kier alpha value is -11.5. The number of hydrogen-bond donors (Lipinski definition) is 4. The van der Waals surface area contributed by atoms with E-state index in [4.69, 9.17) is 137 Å². The number of hydrogen-bond acceptors (Lipinski definition) is 13. The molecule has 0 saturated carbocycles. The molecule has 4 amide bonds. The Labute approximate surface area is 818 Å². The van der Waals surface area contributed by atoms with Crippen LogP contribution in [-0.4, -0.2) is 162 Å². The first-order chi connectivity index (χ1) is 65.3. The zero-order chi connectivity index (χ0) is 93.7. The molecule has 0 aliphatic carbocycles. The summed E-state index contributed by atoms with van der Waals surface area (Å²) in [6.45, 7) is 11.3. The molecule has 5 aromatic heterocycles. The Morgan fingerprint density at radius 3 is 1.09 bits per heavy atom. The highest BCUT2D eigenvalue weighted by molar-refractivity contribution is 6.32. The number of amides is 4. The highest BCUT2D eigenvalue weighted by atomic mass is 35.5. The van der Waals surface area contributed by atoms with Gasteiger partial charge in [0.2, 0.25) is 0 Å². The lowest BCUT2D eigenvalue weighted by Gasteiger charge is -2.36. The first kappa shape index (κ1) is 97.1. The summed E-state index contributed by atoms with van der Waals surface area (Å²) >= 11 is 48.2. The van der Waals surface area contributed by atoms with Crippen LogP contribution in [0.3, 0.4) is 0 Å². The summed E-state index contributed by atoms with van der Waals surface area (Å²) in [6, 6.07) is 63.2. The molecule has 9 heterocycles. The smallest absolute Gasteiger partial charge is 0.412 e. The maximum absolute atomic E-state index is 13.3. The lowest BCUT2D eigenvalue weighted by molar-refractivity contribution is 0.0578. The average molecular weight is 1970 g/mol. The van der Waals surface area contributed by atoms with Crippen LogP contribution >= 0.6 is 92.8 Å². The van der Waals surface area contributed by atoms with E-state index in [1.54, 1.807) is 34.1 Å². The van der Waals surface area contributed by atoms with Crippen LogP contribution in [0.4, 0.5) is 19.2 Å². The molecule has 30 heteroatoms. The quantitative estimate of drug-likeness (QED) is 0.0155. The van der Waals surface area contributed by atoms with Crippen LogP contribution in [0, 0.1) is 12.3 Å². The zero-order valence-corrected chi connectivity index (χ0v) is 80.5. The van der Waals surface area contributed by atoms with E-state index >= 15 is 0 Å². The fourth-order valence-electron chi connectivity index (χ4n) is 17.4. The molecular weight excluding hydrogens is 1860 g/mol. The number of halogens is 8. The highest BCUT2D eigenvalue weighted by Gasteiger charge is 2.41. The summed E-state index contributed by atoms with van der Waals surface area (Å²) in [6.07, 6.45) is 16.5. The molecule has 134 heavy (non-hydrogen) atoms. The molecule has 4 N–H and O–H groups in total. The zero-order valence-electron chi connectivity index (χ0n) is 74.4. The fraction of sp³-hybridized carbons (Fsp3) is 0.317. The number of aryl methyl sites for hydroxylation is 1. The van der Waals surface area contributed by atoms with E-state index in [1.165, 1.54) is 16.7 Å². The van der Waals surface area contributed by atoms with Crippen molar-refractivity contribution in [1.29, 1.82) is 0 Å². The number of ether oxygens (including phenoxy) is 8. The number of imidazole rings is 1. The maximum atomic E-state index is 13.3. The third-order valence-electron chi connectivity index (χ3n) is 23.9. The normalized spacial score (nSPS) is 15.8. The Kier molecular flexibility index (Phi) is 33.8. The Balaban J connectivity index is 0.000000136. The molecule has 6 unspecified atom stereocenters. The molecule has 6 atom stereocenters. The number of nitrogens with one attached hydrogen (secondary N) is 4. The molecule has 698 valence electrons. The summed E-state index contributed by atoms with van der Waals surface area (Å²) in [7, 11) is 0. The largest absolute Gasteiger partial charge is 0.494 e. The number of aromatic amines is 4. The second-order valence-electron chi connectivity index (χ2n) is 32.8. The standard InChI is InChI=1S/C28H26Cl2N2O3.C28H27ClN4O3.C25H28Cl2N2O3.C23H23Cl3N2O3/c29-14-4-16-34-22-10-7-20(8-11-22)27-26-23(24-17-21(30)9-12-25(24)31-26)13-15-32(27)28(33)35-18-19-5-2-1-3-6-19;1-2-3-16-36-28(34)33-14-11-23-24-18-21(29)7-10-25(24)31-26(23)27(33)20-5-8-22(9-6-20)35-17-4-13-32-15-12-30-19-32;1-3-16(2)32-25(30)29-13-11-20-21-15-18(27)7-10-22(21)28-23(20)24(29)17-5-8-19(9-6-17)31-14-4-12-26;1-14(25)31-23(29)28-11-9-18-19-13-16(26)5-8-20(19)27-21(18)22(28)15-3-6-17(7-4-15)30-12-2-10-24/h1-3,5-12,17,27,31H,4,13-16,18H2;1,5-10,12,15,18-19,27,31H,3-4,11,13-14,16-17H2;5-10,15-16,24,28H,3-4,11-14H2,1-2H3;3-8,13-14,22,27H,2,9-12H2,1H3. The topological polar surface area (TPSA) is 236 Å². The van der Waals surface area contributed by atoms with Crippen LogP contribution in [0.5, 0.6) is 23.0 Å². The summed E-state index contributed by atoms with van der Waals surface area (Å²) < 4.78 is 47.4. The third-order valence-corrected chi connectivity index (χ3v) is 25.8. The molecule has 14 aromatic rings. The van der Waals surface area contributed by atoms with Crippen LogP contribution in [0.2, 0.25) is 20.1 Å². The van der Waals surface area contributed by atoms with E-state index in [0.717, 1.165) is 168 Å². The predicted molar refractivity (Wildman–Crippen MR) is 532 cm³/mol. The predicted octanol–water partition coefficient (Wildman–Crippen LogP) is 25.9. The number of terminal acetylenes is 1. The molecule has 4 aliphatic heterocycles. The van der Waals surface area contributed by atoms with Crippen LogP contribution < -0.4 is 18.9 Å². The van der Waals surface area contributed by atoms with Crippen LogP contribution in [0.25, 0.3) is 43.6 Å². The van der Waals surface area contributed by atoms with Crippen molar-refractivity contribution in [2.45, 2.75) is 134 Å². The SMILES string of the molecule is C#CCCOC(=O)N1CCc2c([nH]c3ccc(Cl)cc23)C1c1ccc(OCCCn2ccnc2)cc1.CC(Cl)OC(=O)N1CCc2c([nH]c3ccc(Cl)cc23)C1c1ccc(OCCCCl)cc1.CCC(C)OC(=O)N1CCc2c([nH]c3ccc(Cl)cc23)C1c1ccc(OCCCCl)cc1.O=C(OCc1ccccc1)N1CCc2c([nH]c3ccc(Cl)cc23)C1c1ccc(OCCCCl)cc1. The number of carbonyl (C=O) groups is 4. The van der Waals surface area contributed by atoms with E-state index in [9.17, 15) is 19.2 Å². The minimum absolute atomic E-state index is 0.135. The van der Waals surface area contributed by atoms with Gasteiger partial charge in [0.05, 0.1) is 32.8 Å². The van der Waals surface area contributed by atoms with Crippen LogP contribution in [-0.2, 0) is 57.8 Å². The van der Waals surface area contributed by atoms with Crippen molar-refractivity contribution in [1.82, 2.24) is 49.1 Å². The van der Waals surface area contributed by atoms with Gasteiger partial charge in [-0.15, -0.1) is 47.1 Å². The van der Waals surface area contributed by atoms with E-state index in [0.29, 0.717) is 116 Å². The van der Waals surface area contributed by atoms with Crippen LogP contribution in [0.1, 0.15) is 156 Å². The first-order valence-electron chi connectivity index (χ1n) is 44.9. The van der Waals surface area contributed by atoms with Gasteiger partial charge >= 0.3 is 24.4 Å². The number of fused-ring (bicyclic) bond motifs is 12. The van der Waals surface area contributed by atoms with Gasteiger partial charge in [-0.3, -0.25) is 19.6 Å². The molecule has 4 aliphatic rings. The van der Waals surface area contributed by atoms with E-state index in [2.05, 4.69) is 30.8 Å². The molecule has 0 bridgehead atoms. The number of carbonyl (C=O) groups excluding carboxylic acids is 4. The van der Waals surface area contributed by atoms with Crippen LogP contribution in [0.15, 0.2) is 219 Å². The second kappa shape index (κ2) is 46.6. The van der Waals surface area contributed by atoms with Crippen molar-refractivity contribution in [3.05, 3.63) is 312 Å². The van der Waals surface area contributed by atoms with Gasteiger partial charge in [-0.25, -0.2) is 24.2 Å². The van der Waals surface area contributed by atoms with E-state index in [-0.39, 0.29) is 61.8 Å². The van der Waals surface area contributed by atoms with Gasteiger partial charge in [0.15, 0.2) is 5.56 Å². The Bertz CT molecular complexity index is 6350. The van der Waals surface area contributed by atoms with Crippen molar-refractivity contribution in [3.8, 4) is 35.3 Å². The van der Waals surface area contributed by atoms with E-state index in [1.807, 2.05) is 230 Å². The fourth-order valence-corrected chi connectivity index (χ4v) is 18.5. The number of aromatic nitrogens is 6. The summed E-state index contributed by atoms with van der Waals surface area (Å²) in [5.74, 6) is 7.31. The summed E-state index contributed by atoms with van der Waals surface area (Å²) in [5, 5.41) is 7.12. The molecule has 0 saturated heterocycles. The molecule has 0 spiro atoms. The Morgan fingerprint density at radius 1 is 0.433 bits per heavy atom. The van der Waals surface area contributed by atoms with Gasteiger partial charge in [-0.05, 0) is 243 Å². The average Bonchev–Trinajstić information content (AvgIpc) is 1.61. The minimum atomic E-state index is -0.714. The van der Waals surface area contributed by atoms with Crippen molar-refractivity contribution in [3.63, 3.8) is 0 Å². The van der Waals surface area contributed by atoms with Crippen molar-refractivity contribution in [2.75, 3.05) is 76.9 Å². The number of benzene rings is 9. The number of nitrogens with zero attached hydrogens (tertiary/aromatic N) is 6.